The predicted octanol–water partition coefficient (Wildman–Crippen LogP) is 3.78. The fourth-order valence-electron chi connectivity index (χ4n) is 3.61. The van der Waals surface area contributed by atoms with Gasteiger partial charge in [0.1, 0.15) is 6.54 Å². The maximum Gasteiger partial charge on any atom is 0.323 e. The molecule has 2 heterocycles. The van der Waals surface area contributed by atoms with Crippen molar-refractivity contribution in [2.75, 3.05) is 17.2 Å². The number of rotatable bonds is 2. The minimum atomic E-state index is -0.359. The number of carbonyl (C=O) groups excluding carboxylic acids is 2. The van der Waals surface area contributed by atoms with Gasteiger partial charge in [0, 0.05) is 17.4 Å². The van der Waals surface area contributed by atoms with E-state index >= 15 is 0 Å². The van der Waals surface area contributed by atoms with Crippen LogP contribution in [0.2, 0.25) is 0 Å². The Kier molecular flexibility index (Phi) is 4.80. The fraction of sp³-hybridized carbons (Fsp3) is 0.227. The summed E-state index contributed by atoms with van der Waals surface area (Å²) in [5, 5.41) is 10.2. The molecule has 148 valence electrons. The molecule has 1 aliphatic heterocycles. The van der Waals surface area contributed by atoms with Crippen molar-refractivity contribution in [3.63, 3.8) is 0 Å². The SMILES string of the molecule is Cc1cc(C)cc(-n2nc(NC(=O)N3CC(=O)Nc4ccccc4C3)cc2C)c1. The number of benzene rings is 2. The van der Waals surface area contributed by atoms with Crippen LogP contribution in [0.3, 0.4) is 0 Å². The lowest BCUT2D eigenvalue weighted by molar-refractivity contribution is -0.116. The minimum Gasteiger partial charge on any atom is -0.324 e. The van der Waals surface area contributed by atoms with Crippen molar-refractivity contribution in [1.29, 1.82) is 0 Å². The maximum atomic E-state index is 12.8. The van der Waals surface area contributed by atoms with Gasteiger partial charge in [-0.2, -0.15) is 0 Å². The zero-order valence-corrected chi connectivity index (χ0v) is 16.7. The first-order valence-corrected chi connectivity index (χ1v) is 9.48. The van der Waals surface area contributed by atoms with E-state index in [0.717, 1.165) is 33.8 Å². The number of carbonyl (C=O) groups is 2. The second kappa shape index (κ2) is 7.43. The standard InChI is InChI=1S/C22H23N5O2/c1-14-8-15(2)10-18(9-14)27-16(3)11-20(25-27)24-22(29)26-12-17-6-4-5-7-19(17)23-21(28)13-26/h4-11H,12-13H2,1-3H3,(H,23,28)(H,24,25,29). The molecule has 3 amide bonds. The Morgan fingerprint density at radius 1 is 1.03 bits per heavy atom. The summed E-state index contributed by atoms with van der Waals surface area (Å²) in [6, 6.07) is 15.2. The van der Waals surface area contributed by atoms with Gasteiger partial charge in [-0.15, -0.1) is 5.10 Å². The smallest absolute Gasteiger partial charge is 0.323 e. The summed E-state index contributed by atoms with van der Waals surface area (Å²) in [7, 11) is 0. The lowest BCUT2D eigenvalue weighted by Gasteiger charge is -2.19. The number of fused-ring (bicyclic) bond motifs is 1. The van der Waals surface area contributed by atoms with Crippen molar-refractivity contribution in [3.05, 3.63) is 70.9 Å². The van der Waals surface area contributed by atoms with Crippen LogP contribution in [0, 0.1) is 20.8 Å². The van der Waals surface area contributed by atoms with E-state index < -0.39 is 0 Å². The van der Waals surface area contributed by atoms with Crippen molar-refractivity contribution in [2.24, 2.45) is 0 Å². The molecule has 0 spiro atoms. The Morgan fingerprint density at radius 2 is 1.76 bits per heavy atom. The lowest BCUT2D eigenvalue weighted by atomic mass is 10.1. The highest BCUT2D eigenvalue weighted by atomic mass is 16.2. The number of hydrogen-bond acceptors (Lipinski definition) is 3. The van der Waals surface area contributed by atoms with E-state index in [2.05, 4.69) is 33.9 Å². The minimum absolute atomic E-state index is 0.0166. The van der Waals surface area contributed by atoms with E-state index in [4.69, 9.17) is 0 Å². The number of urea groups is 1. The Labute approximate surface area is 169 Å². The summed E-state index contributed by atoms with van der Waals surface area (Å²) in [6.07, 6.45) is 0. The molecule has 0 unspecified atom stereocenters. The third kappa shape index (κ3) is 3.99. The van der Waals surface area contributed by atoms with Gasteiger partial charge >= 0.3 is 6.03 Å². The molecular formula is C22H23N5O2. The van der Waals surface area contributed by atoms with Crippen molar-refractivity contribution in [1.82, 2.24) is 14.7 Å². The summed E-state index contributed by atoms with van der Waals surface area (Å²) in [6.45, 7) is 6.35. The molecule has 2 aromatic carbocycles. The number of hydrogen-bond donors (Lipinski definition) is 2. The number of aromatic nitrogens is 2. The van der Waals surface area contributed by atoms with Crippen LogP contribution in [0.15, 0.2) is 48.5 Å². The topological polar surface area (TPSA) is 79.3 Å². The molecule has 1 aromatic heterocycles. The highest BCUT2D eigenvalue weighted by Gasteiger charge is 2.23. The lowest BCUT2D eigenvalue weighted by Crippen LogP contribution is -2.38. The second-order valence-corrected chi connectivity index (χ2v) is 7.42. The summed E-state index contributed by atoms with van der Waals surface area (Å²) in [5.74, 6) is 0.228. The van der Waals surface area contributed by atoms with Crippen molar-refractivity contribution >= 4 is 23.4 Å². The van der Waals surface area contributed by atoms with E-state index in [1.165, 1.54) is 4.90 Å². The maximum absolute atomic E-state index is 12.8. The molecule has 0 saturated heterocycles. The number of para-hydroxylation sites is 1. The van der Waals surface area contributed by atoms with Crippen molar-refractivity contribution in [3.8, 4) is 5.69 Å². The molecule has 29 heavy (non-hydrogen) atoms. The average Bonchev–Trinajstić information content (AvgIpc) is 2.92. The first-order valence-electron chi connectivity index (χ1n) is 9.48. The molecule has 0 fully saturated rings. The zero-order chi connectivity index (χ0) is 20.5. The molecule has 7 heteroatoms. The van der Waals surface area contributed by atoms with Crippen molar-refractivity contribution < 1.29 is 9.59 Å². The Hall–Kier alpha value is -3.61. The van der Waals surface area contributed by atoms with Gasteiger partial charge in [0.25, 0.3) is 0 Å². The monoisotopic (exact) mass is 389 g/mol. The van der Waals surface area contributed by atoms with Gasteiger partial charge in [-0.25, -0.2) is 9.48 Å². The van der Waals surface area contributed by atoms with Gasteiger partial charge in [-0.3, -0.25) is 10.1 Å². The molecular weight excluding hydrogens is 366 g/mol. The molecule has 0 radical (unpaired) electrons. The number of anilines is 2. The highest BCUT2D eigenvalue weighted by molar-refractivity contribution is 5.98. The van der Waals surface area contributed by atoms with Gasteiger partial charge in [-0.05, 0) is 55.7 Å². The van der Waals surface area contributed by atoms with Crippen LogP contribution >= 0.6 is 0 Å². The summed E-state index contributed by atoms with van der Waals surface area (Å²) in [4.78, 5) is 26.5. The van der Waals surface area contributed by atoms with Crippen LogP contribution in [0.1, 0.15) is 22.4 Å². The highest BCUT2D eigenvalue weighted by Crippen LogP contribution is 2.22. The van der Waals surface area contributed by atoms with E-state index in [1.54, 1.807) is 4.68 Å². The van der Waals surface area contributed by atoms with Crippen LogP contribution in [0.25, 0.3) is 5.69 Å². The van der Waals surface area contributed by atoms with Gasteiger partial charge in [-0.1, -0.05) is 24.3 Å². The van der Waals surface area contributed by atoms with E-state index in [-0.39, 0.29) is 18.5 Å². The molecule has 3 aromatic rings. The third-order valence-electron chi connectivity index (χ3n) is 4.85. The molecule has 0 aliphatic carbocycles. The number of nitrogens with one attached hydrogen (secondary N) is 2. The average molecular weight is 389 g/mol. The second-order valence-electron chi connectivity index (χ2n) is 7.42. The summed E-state index contributed by atoms with van der Waals surface area (Å²) >= 11 is 0. The molecule has 0 bridgehead atoms. The third-order valence-corrected chi connectivity index (χ3v) is 4.85. The number of aryl methyl sites for hydroxylation is 3. The summed E-state index contributed by atoms with van der Waals surface area (Å²) in [5.41, 5.74) is 5.78. The van der Waals surface area contributed by atoms with Crippen LogP contribution in [-0.4, -0.2) is 33.2 Å². The Morgan fingerprint density at radius 3 is 2.52 bits per heavy atom. The predicted molar refractivity (Wildman–Crippen MR) is 112 cm³/mol. The molecule has 0 saturated carbocycles. The van der Waals surface area contributed by atoms with Crippen LogP contribution in [-0.2, 0) is 11.3 Å². The van der Waals surface area contributed by atoms with Gasteiger partial charge in [0.05, 0.1) is 12.2 Å². The van der Waals surface area contributed by atoms with Crippen LogP contribution < -0.4 is 10.6 Å². The van der Waals surface area contributed by atoms with E-state index in [1.807, 2.05) is 51.1 Å². The van der Waals surface area contributed by atoms with Crippen LogP contribution in [0.5, 0.6) is 0 Å². The largest absolute Gasteiger partial charge is 0.324 e. The molecule has 4 rings (SSSR count). The molecule has 1 aliphatic rings. The van der Waals surface area contributed by atoms with E-state index in [0.29, 0.717) is 12.4 Å². The number of nitrogens with zero attached hydrogens (tertiary/aromatic N) is 3. The normalized spacial score (nSPS) is 13.5. The van der Waals surface area contributed by atoms with Gasteiger partial charge < -0.3 is 10.2 Å². The van der Waals surface area contributed by atoms with Crippen molar-refractivity contribution in [2.45, 2.75) is 27.3 Å². The van der Waals surface area contributed by atoms with Gasteiger partial charge in [0.15, 0.2) is 5.82 Å². The molecule has 7 nitrogen and oxygen atoms in total. The Balaban J connectivity index is 1.55. The first kappa shape index (κ1) is 18.7. The zero-order valence-electron chi connectivity index (χ0n) is 16.7. The van der Waals surface area contributed by atoms with Crippen LogP contribution in [0.4, 0.5) is 16.3 Å². The van der Waals surface area contributed by atoms with Gasteiger partial charge in [0.2, 0.25) is 5.91 Å². The number of amides is 3. The molecule has 2 N–H and O–H groups in total. The summed E-state index contributed by atoms with van der Waals surface area (Å²) < 4.78 is 1.81. The van der Waals surface area contributed by atoms with E-state index in [9.17, 15) is 9.59 Å². The quantitative estimate of drug-likeness (QED) is 0.700. The first-order chi connectivity index (χ1) is 13.9. The molecule has 0 atom stereocenters. The Bertz CT molecular complexity index is 1080. The fourth-order valence-corrected chi connectivity index (χ4v) is 3.61.